The van der Waals surface area contributed by atoms with Crippen molar-refractivity contribution < 1.29 is 13.2 Å². The van der Waals surface area contributed by atoms with E-state index in [2.05, 4.69) is 45.8 Å². The van der Waals surface area contributed by atoms with Gasteiger partial charge < -0.3 is 14.5 Å². The lowest BCUT2D eigenvalue weighted by Crippen LogP contribution is -2.52. The smallest absolute Gasteiger partial charge is 0.210 e. The van der Waals surface area contributed by atoms with Crippen LogP contribution in [0, 0.1) is 0 Å². The fourth-order valence-corrected chi connectivity index (χ4v) is 8.04. The summed E-state index contributed by atoms with van der Waals surface area (Å²) < 4.78 is 34.3. The quantitative estimate of drug-likeness (QED) is 0.174. The van der Waals surface area contributed by atoms with Crippen LogP contribution in [-0.4, -0.2) is 88.4 Å². The zero-order valence-electron chi connectivity index (χ0n) is 25.4. The third kappa shape index (κ3) is 7.24. The summed E-state index contributed by atoms with van der Waals surface area (Å²) in [7, 11) is -1.61. The number of thioether (sulfide) groups is 1. The molecule has 0 aliphatic carbocycles. The number of sulfone groups is 1. The number of hydrogen-bond donors (Lipinski definition) is 0. The lowest BCUT2D eigenvalue weighted by molar-refractivity contribution is 0.0982. The second-order valence-corrected chi connectivity index (χ2v) is 14.4. The molecule has 3 aromatic rings. The topological polar surface area (TPSA) is 66.0 Å². The van der Waals surface area contributed by atoms with Crippen LogP contribution in [0.15, 0.2) is 63.3 Å². The molecule has 0 spiro atoms. The predicted molar refractivity (Wildman–Crippen MR) is 174 cm³/mol. The fraction of sp³-hybridized carbons (Fsp3) is 0.545. The van der Waals surface area contributed by atoms with Crippen LogP contribution in [-0.2, 0) is 9.84 Å². The number of aromatic nitrogens is 1. The van der Waals surface area contributed by atoms with Gasteiger partial charge in [-0.3, -0.25) is 9.88 Å². The normalized spacial score (nSPS) is 17.6. The van der Waals surface area contributed by atoms with E-state index in [4.69, 9.17) is 4.74 Å². The van der Waals surface area contributed by atoms with Gasteiger partial charge in [0.15, 0.2) is 0 Å². The second kappa shape index (κ2) is 14.4. The molecule has 0 amide bonds. The number of ether oxygens (including phenoxy) is 1. The minimum atomic E-state index is -3.80. The van der Waals surface area contributed by atoms with Gasteiger partial charge in [-0.25, -0.2) is 8.42 Å². The van der Waals surface area contributed by atoms with E-state index in [0.29, 0.717) is 18.4 Å². The maximum absolute atomic E-state index is 14.2. The Kier molecular flexibility index (Phi) is 10.7. The van der Waals surface area contributed by atoms with Crippen molar-refractivity contribution in [2.45, 2.75) is 72.6 Å². The van der Waals surface area contributed by atoms with Gasteiger partial charge in [0.05, 0.1) is 22.7 Å². The number of anilines is 1. The molecule has 9 heteroatoms. The summed E-state index contributed by atoms with van der Waals surface area (Å²) in [4.78, 5) is 13.6. The van der Waals surface area contributed by atoms with Gasteiger partial charge >= 0.3 is 0 Å². The van der Waals surface area contributed by atoms with E-state index < -0.39 is 9.84 Å². The first-order valence-electron chi connectivity index (χ1n) is 15.5. The molecular weight excluding hydrogens is 565 g/mol. The van der Waals surface area contributed by atoms with Crippen LogP contribution in [0.3, 0.4) is 0 Å². The van der Waals surface area contributed by atoms with E-state index in [-0.39, 0.29) is 9.79 Å². The van der Waals surface area contributed by atoms with Crippen molar-refractivity contribution in [3.05, 3.63) is 48.7 Å². The summed E-state index contributed by atoms with van der Waals surface area (Å²) in [5.41, 5.74) is 1.62. The van der Waals surface area contributed by atoms with Gasteiger partial charge in [-0.05, 0) is 75.0 Å². The van der Waals surface area contributed by atoms with Crippen LogP contribution in [0.1, 0.15) is 51.9 Å². The summed E-state index contributed by atoms with van der Waals surface area (Å²) in [6.45, 7) is 8.94. The van der Waals surface area contributed by atoms with Crippen LogP contribution in [0.25, 0.3) is 10.9 Å². The minimum Gasteiger partial charge on any atom is -0.494 e. The standard InChI is InChI=1S/C33H46N4O3S2/c1-4-5-6-7-8-23-40-27-9-12-29(13-10-27)42(38,39)32-25-34-31-14-11-28(41-3)24-30(31)33(32)37-17-15-26(16-18-37)36-21-19-35(2)20-22-36/h9-14,24-26H,4-8,15-23H2,1-3H3. The Bertz CT molecular complexity index is 1420. The van der Waals surface area contributed by atoms with Crippen LogP contribution < -0.4 is 9.64 Å². The lowest BCUT2D eigenvalue weighted by atomic mass is 10.0. The lowest BCUT2D eigenvalue weighted by Gasteiger charge is -2.43. The third-order valence-electron chi connectivity index (χ3n) is 8.79. The Morgan fingerprint density at radius 3 is 2.33 bits per heavy atom. The van der Waals surface area contributed by atoms with Crippen LogP contribution in [0.4, 0.5) is 5.69 Å². The highest BCUT2D eigenvalue weighted by atomic mass is 32.2. The molecule has 2 saturated heterocycles. The zero-order valence-corrected chi connectivity index (χ0v) is 27.1. The molecule has 2 aromatic carbocycles. The molecule has 0 bridgehead atoms. The monoisotopic (exact) mass is 610 g/mol. The van der Waals surface area contributed by atoms with Crippen molar-refractivity contribution in [2.75, 3.05) is 64.1 Å². The number of nitrogens with zero attached hydrogens (tertiary/aromatic N) is 4. The summed E-state index contributed by atoms with van der Waals surface area (Å²) in [5, 5.41) is 0.906. The van der Waals surface area contributed by atoms with Gasteiger partial charge in [-0.1, -0.05) is 32.6 Å². The minimum absolute atomic E-state index is 0.272. The zero-order chi connectivity index (χ0) is 29.5. The number of fused-ring (bicyclic) bond motifs is 1. The molecule has 42 heavy (non-hydrogen) atoms. The third-order valence-corrected chi connectivity index (χ3v) is 11.3. The van der Waals surface area contributed by atoms with Crippen molar-refractivity contribution in [1.82, 2.24) is 14.8 Å². The number of hydrogen-bond acceptors (Lipinski definition) is 8. The number of piperidine rings is 1. The van der Waals surface area contributed by atoms with E-state index in [9.17, 15) is 8.42 Å². The molecule has 0 N–H and O–H groups in total. The Hall–Kier alpha value is -2.33. The molecule has 228 valence electrons. The SMILES string of the molecule is CCCCCCCOc1ccc(S(=O)(=O)c2cnc3ccc(SC)cc3c2N2CCC(N3CCN(C)CC3)CC2)cc1. The van der Waals surface area contributed by atoms with Gasteiger partial charge in [0.2, 0.25) is 9.84 Å². The Balaban J connectivity index is 1.39. The van der Waals surface area contributed by atoms with Crippen molar-refractivity contribution in [2.24, 2.45) is 0 Å². The molecule has 1 aromatic heterocycles. The first-order chi connectivity index (χ1) is 20.4. The van der Waals surface area contributed by atoms with E-state index in [1.807, 2.05) is 12.3 Å². The van der Waals surface area contributed by atoms with E-state index in [0.717, 1.165) is 86.4 Å². The molecule has 2 aliphatic rings. The van der Waals surface area contributed by atoms with Crippen molar-refractivity contribution in [1.29, 1.82) is 0 Å². The molecule has 0 atom stereocenters. The predicted octanol–water partition coefficient (Wildman–Crippen LogP) is 6.35. The highest BCUT2D eigenvalue weighted by Crippen LogP contribution is 2.39. The maximum Gasteiger partial charge on any atom is 0.210 e. The Labute approximate surface area is 256 Å². The van der Waals surface area contributed by atoms with Gasteiger partial charge in [0, 0.05) is 61.8 Å². The summed E-state index contributed by atoms with van der Waals surface area (Å²) in [5.74, 6) is 0.705. The summed E-state index contributed by atoms with van der Waals surface area (Å²) in [6, 6.07) is 13.6. The molecular formula is C33H46N4O3S2. The summed E-state index contributed by atoms with van der Waals surface area (Å²) in [6.07, 6.45) is 11.5. The van der Waals surface area contributed by atoms with Gasteiger partial charge in [0.1, 0.15) is 10.6 Å². The molecule has 5 rings (SSSR count). The number of rotatable bonds is 12. The van der Waals surface area contributed by atoms with Crippen molar-refractivity contribution >= 4 is 38.2 Å². The van der Waals surface area contributed by atoms with Gasteiger partial charge in [-0.2, -0.15) is 0 Å². The number of unbranched alkanes of at least 4 members (excludes halogenated alkanes) is 4. The molecule has 0 unspecified atom stereocenters. The number of pyridine rings is 1. The van der Waals surface area contributed by atoms with Gasteiger partial charge in [-0.15, -0.1) is 11.8 Å². The highest BCUT2D eigenvalue weighted by molar-refractivity contribution is 7.98. The van der Waals surface area contributed by atoms with Crippen LogP contribution in [0.5, 0.6) is 5.75 Å². The molecule has 3 heterocycles. The van der Waals surface area contributed by atoms with Crippen LogP contribution in [0.2, 0.25) is 0 Å². The van der Waals surface area contributed by atoms with Gasteiger partial charge in [0.25, 0.3) is 0 Å². The fourth-order valence-electron chi connectivity index (χ4n) is 6.17. The maximum atomic E-state index is 14.2. The number of likely N-dealkylation sites (N-methyl/N-ethyl adjacent to an activating group) is 1. The number of piperazine rings is 1. The molecule has 2 aliphatic heterocycles. The number of benzene rings is 2. The molecule has 0 saturated carbocycles. The highest BCUT2D eigenvalue weighted by Gasteiger charge is 2.31. The molecule has 7 nitrogen and oxygen atoms in total. The Morgan fingerprint density at radius 2 is 1.64 bits per heavy atom. The largest absolute Gasteiger partial charge is 0.494 e. The molecule has 0 radical (unpaired) electrons. The summed E-state index contributed by atoms with van der Waals surface area (Å²) >= 11 is 1.66. The first-order valence-corrected chi connectivity index (χ1v) is 18.2. The van der Waals surface area contributed by atoms with E-state index in [1.54, 1.807) is 42.2 Å². The average Bonchev–Trinajstić information content (AvgIpc) is 3.02. The average molecular weight is 611 g/mol. The molecule has 2 fully saturated rings. The van der Waals surface area contributed by atoms with Crippen molar-refractivity contribution in [3.8, 4) is 5.75 Å². The van der Waals surface area contributed by atoms with Crippen molar-refractivity contribution in [3.63, 3.8) is 0 Å². The second-order valence-electron chi connectivity index (χ2n) is 11.6. The van der Waals surface area contributed by atoms with E-state index >= 15 is 0 Å². The van der Waals surface area contributed by atoms with E-state index in [1.165, 1.54) is 19.3 Å². The van der Waals surface area contributed by atoms with Crippen LogP contribution >= 0.6 is 11.8 Å². The first kappa shape index (κ1) is 31.1. The Morgan fingerprint density at radius 1 is 0.929 bits per heavy atom.